The average molecular weight is 294 g/mol. The normalized spacial score (nSPS) is 14.9. The second kappa shape index (κ2) is 5.58. The number of nitrogens with zero attached hydrogens (tertiary/aromatic N) is 4. The molecule has 2 heterocycles. The molecule has 5 nitrogen and oxygen atoms in total. The van der Waals surface area contributed by atoms with Crippen LogP contribution in [0, 0.1) is 6.92 Å². The smallest absolute Gasteiger partial charge is 0.0866 e. The summed E-state index contributed by atoms with van der Waals surface area (Å²) in [5.74, 6) is 0. The molecule has 3 rings (SSSR count). The SMILES string of the molecule is CCn1nc(C)c(Cl)c1Cn1cc(CNC2CC2)cn1. The summed E-state index contributed by atoms with van der Waals surface area (Å²) in [4.78, 5) is 0. The summed E-state index contributed by atoms with van der Waals surface area (Å²) in [6.07, 6.45) is 6.61. The van der Waals surface area contributed by atoms with Gasteiger partial charge in [0, 0.05) is 30.9 Å². The molecule has 0 aliphatic heterocycles. The fraction of sp³-hybridized carbons (Fsp3) is 0.571. The third kappa shape index (κ3) is 2.88. The van der Waals surface area contributed by atoms with Gasteiger partial charge in [-0.2, -0.15) is 10.2 Å². The van der Waals surface area contributed by atoms with Crippen molar-refractivity contribution < 1.29 is 0 Å². The Balaban J connectivity index is 1.70. The molecule has 0 spiro atoms. The molecule has 2 aromatic rings. The van der Waals surface area contributed by atoms with E-state index in [0.717, 1.165) is 35.5 Å². The number of aryl methyl sites for hydroxylation is 2. The molecule has 6 heteroatoms. The third-order valence-corrected chi connectivity index (χ3v) is 4.12. The predicted molar refractivity (Wildman–Crippen MR) is 78.8 cm³/mol. The molecule has 0 atom stereocenters. The Labute approximate surface area is 123 Å². The van der Waals surface area contributed by atoms with Crippen molar-refractivity contribution in [3.8, 4) is 0 Å². The van der Waals surface area contributed by atoms with Crippen molar-refractivity contribution in [2.45, 2.75) is 52.4 Å². The van der Waals surface area contributed by atoms with Crippen LogP contribution in [0.15, 0.2) is 12.4 Å². The first kappa shape index (κ1) is 13.6. The van der Waals surface area contributed by atoms with Crippen LogP contribution in [0.25, 0.3) is 0 Å². The summed E-state index contributed by atoms with van der Waals surface area (Å²) < 4.78 is 3.87. The van der Waals surface area contributed by atoms with Gasteiger partial charge in [-0.15, -0.1) is 0 Å². The lowest BCUT2D eigenvalue weighted by Crippen LogP contribution is -2.14. The molecule has 0 unspecified atom stereocenters. The number of nitrogens with one attached hydrogen (secondary N) is 1. The lowest BCUT2D eigenvalue weighted by Gasteiger charge is -2.05. The quantitative estimate of drug-likeness (QED) is 0.889. The molecule has 20 heavy (non-hydrogen) atoms. The van der Waals surface area contributed by atoms with Crippen LogP contribution in [0.5, 0.6) is 0 Å². The number of hydrogen-bond donors (Lipinski definition) is 1. The zero-order valence-corrected chi connectivity index (χ0v) is 12.7. The van der Waals surface area contributed by atoms with Crippen molar-refractivity contribution in [2.24, 2.45) is 0 Å². The van der Waals surface area contributed by atoms with Crippen LogP contribution >= 0.6 is 11.6 Å². The average Bonchev–Trinajstić information content (AvgIpc) is 3.11. The van der Waals surface area contributed by atoms with Gasteiger partial charge in [-0.1, -0.05) is 11.6 Å². The molecular weight excluding hydrogens is 274 g/mol. The van der Waals surface area contributed by atoms with E-state index >= 15 is 0 Å². The molecule has 0 radical (unpaired) electrons. The van der Waals surface area contributed by atoms with Crippen molar-refractivity contribution in [1.82, 2.24) is 24.9 Å². The zero-order valence-electron chi connectivity index (χ0n) is 11.9. The van der Waals surface area contributed by atoms with Gasteiger partial charge in [-0.3, -0.25) is 9.36 Å². The third-order valence-electron chi connectivity index (χ3n) is 3.62. The topological polar surface area (TPSA) is 47.7 Å². The van der Waals surface area contributed by atoms with Crippen LogP contribution in [0.2, 0.25) is 5.02 Å². The molecule has 1 N–H and O–H groups in total. The van der Waals surface area contributed by atoms with Crippen LogP contribution in [-0.2, 0) is 19.6 Å². The fourth-order valence-electron chi connectivity index (χ4n) is 2.31. The minimum absolute atomic E-state index is 0.664. The fourth-order valence-corrected chi connectivity index (χ4v) is 2.50. The number of aromatic nitrogens is 4. The van der Waals surface area contributed by atoms with Gasteiger partial charge in [0.15, 0.2) is 0 Å². The van der Waals surface area contributed by atoms with Crippen molar-refractivity contribution in [3.63, 3.8) is 0 Å². The van der Waals surface area contributed by atoms with Crippen molar-refractivity contribution in [1.29, 1.82) is 0 Å². The van der Waals surface area contributed by atoms with Crippen LogP contribution in [0.1, 0.15) is 36.7 Å². The molecule has 2 aromatic heterocycles. The van der Waals surface area contributed by atoms with Gasteiger partial charge in [0.25, 0.3) is 0 Å². The second-order valence-electron chi connectivity index (χ2n) is 5.36. The Morgan fingerprint density at radius 1 is 1.45 bits per heavy atom. The maximum atomic E-state index is 6.32. The predicted octanol–water partition coefficient (Wildman–Crippen LogP) is 2.36. The first-order valence-corrected chi connectivity index (χ1v) is 7.51. The molecule has 1 fully saturated rings. The number of hydrogen-bond acceptors (Lipinski definition) is 3. The van der Waals surface area contributed by atoms with Gasteiger partial charge < -0.3 is 5.32 Å². The highest BCUT2D eigenvalue weighted by molar-refractivity contribution is 6.31. The minimum Gasteiger partial charge on any atom is -0.310 e. The van der Waals surface area contributed by atoms with Crippen LogP contribution < -0.4 is 5.32 Å². The Hall–Kier alpha value is -1.33. The van der Waals surface area contributed by atoms with E-state index in [1.54, 1.807) is 0 Å². The van der Waals surface area contributed by atoms with E-state index < -0.39 is 0 Å². The van der Waals surface area contributed by atoms with Gasteiger partial charge in [-0.25, -0.2) is 0 Å². The van der Waals surface area contributed by atoms with E-state index in [0.29, 0.717) is 6.54 Å². The lowest BCUT2D eigenvalue weighted by molar-refractivity contribution is 0.575. The summed E-state index contributed by atoms with van der Waals surface area (Å²) >= 11 is 6.32. The molecule has 0 bridgehead atoms. The standard InChI is InChI=1S/C14H20ClN5/c1-3-20-13(14(15)10(2)18-20)9-19-8-11(7-17-19)6-16-12-4-5-12/h7-8,12,16H,3-6,9H2,1-2H3. The van der Waals surface area contributed by atoms with Crippen molar-refractivity contribution in [2.75, 3.05) is 0 Å². The molecule has 0 aromatic carbocycles. The van der Waals surface area contributed by atoms with Gasteiger partial charge in [-0.05, 0) is 26.7 Å². The van der Waals surface area contributed by atoms with Gasteiger partial charge in [0.2, 0.25) is 0 Å². The van der Waals surface area contributed by atoms with E-state index in [1.165, 1.54) is 18.4 Å². The Morgan fingerprint density at radius 2 is 2.25 bits per heavy atom. The van der Waals surface area contributed by atoms with Gasteiger partial charge >= 0.3 is 0 Å². The summed E-state index contributed by atoms with van der Waals surface area (Å²) in [5.41, 5.74) is 3.12. The monoisotopic (exact) mass is 293 g/mol. The zero-order chi connectivity index (χ0) is 14.1. The van der Waals surface area contributed by atoms with E-state index in [2.05, 4.69) is 28.6 Å². The highest BCUT2D eigenvalue weighted by Gasteiger charge is 2.20. The molecular formula is C14H20ClN5. The van der Waals surface area contributed by atoms with Crippen LogP contribution in [-0.4, -0.2) is 25.6 Å². The van der Waals surface area contributed by atoms with Gasteiger partial charge in [0.1, 0.15) is 0 Å². The molecule has 1 aliphatic rings. The summed E-state index contributed by atoms with van der Waals surface area (Å²) in [6.45, 7) is 6.38. The van der Waals surface area contributed by atoms with Crippen LogP contribution in [0.4, 0.5) is 0 Å². The molecule has 0 amide bonds. The summed E-state index contributed by atoms with van der Waals surface area (Å²) in [5, 5.41) is 13.1. The minimum atomic E-state index is 0.664. The highest BCUT2D eigenvalue weighted by atomic mass is 35.5. The van der Waals surface area contributed by atoms with Gasteiger partial charge in [0.05, 0.1) is 29.2 Å². The molecule has 0 saturated heterocycles. The molecule has 1 aliphatic carbocycles. The number of halogens is 1. The first-order valence-electron chi connectivity index (χ1n) is 7.14. The summed E-state index contributed by atoms with van der Waals surface area (Å²) in [6, 6.07) is 0.719. The largest absolute Gasteiger partial charge is 0.310 e. The Morgan fingerprint density at radius 3 is 2.95 bits per heavy atom. The van der Waals surface area contributed by atoms with E-state index in [9.17, 15) is 0 Å². The maximum absolute atomic E-state index is 6.32. The van der Waals surface area contributed by atoms with E-state index in [4.69, 9.17) is 11.6 Å². The van der Waals surface area contributed by atoms with Crippen LogP contribution in [0.3, 0.4) is 0 Å². The van der Waals surface area contributed by atoms with E-state index in [1.807, 2.05) is 22.5 Å². The highest BCUT2D eigenvalue weighted by Crippen LogP contribution is 2.21. The maximum Gasteiger partial charge on any atom is 0.0866 e. The number of rotatable bonds is 6. The Kier molecular flexibility index (Phi) is 3.81. The molecule has 108 valence electrons. The molecule has 1 saturated carbocycles. The Bertz CT molecular complexity index is 597. The second-order valence-corrected chi connectivity index (χ2v) is 5.74. The van der Waals surface area contributed by atoms with Crippen molar-refractivity contribution in [3.05, 3.63) is 34.4 Å². The lowest BCUT2D eigenvalue weighted by atomic mass is 10.3. The first-order chi connectivity index (χ1) is 9.67. The van der Waals surface area contributed by atoms with Crippen molar-refractivity contribution >= 4 is 11.6 Å². The van der Waals surface area contributed by atoms with E-state index in [-0.39, 0.29) is 0 Å². The summed E-state index contributed by atoms with van der Waals surface area (Å²) in [7, 11) is 0.